The van der Waals surface area contributed by atoms with Crippen LogP contribution in [-0.4, -0.2) is 12.6 Å². The third kappa shape index (κ3) is 4.74. The van der Waals surface area contributed by atoms with Crippen LogP contribution in [0.3, 0.4) is 0 Å². The van der Waals surface area contributed by atoms with Crippen LogP contribution in [-0.2, 0) is 6.42 Å². The van der Waals surface area contributed by atoms with Crippen molar-refractivity contribution >= 4 is 0 Å². The van der Waals surface area contributed by atoms with Crippen molar-refractivity contribution in [2.24, 2.45) is 0 Å². The van der Waals surface area contributed by atoms with Gasteiger partial charge in [0.15, 0.2) is 0 Å². The van der Waals surface area contributed by atoms with Gasteiger partial charge in [0.1, 0.15) is 11.9 Å². The molecule has 2 atom stereocenters. The van der Waals surface area contributed by atoms with Crippen LogP contribution in [0.15, 0.2) is 18.2 Å². The molecule has 2 rings (SSSR count). The average molecular weight is 289 g/mol. The normalized spacial score (nSPS) is 18.3. The molecule has 2 heteroatoms. The minimum Gasteiger partial charge on any atom is -0.490 e. The van der Waals surface area contributed by atoms with Crippen LogP contribution in [0.4, 0.5) is 0 Å². The van der Waals surface area contributed by atoms with Crippen LogP contribution < -0.4 is 10.1 Å². The second kappa shape index (κ2) is 8.43. The molecule has 1 aromatic rings. The first kappa shape index (κ1) is 16.4. The fraction of sp³-hybridized carbons (Fsp3) is 0.684. The Kier molecular flexibility index (Phi) is 6.56. The molecule has 2 unspecified atom stereocenters. The molecular formula is C19H31NO. The summed E-state index contributed by atoms with van der Waals surface area (Å²) in [5, 5.41) is 3.65. The van der Waals surface area contributed by atoms with Crippen molar-refractivity contribution in [1.29, 1.82) is 0 Å². The smallest absolute Gasteiger partial charge is 0.123 e. The third-order valence-corrected chi connectivity index (χ3v) is 4.37. The number of nitrogens with one attached hydrogen (secondary N) is 1. The van der Waals surface area contributed by atoms with Gasteiger partial charge in [-0.2, -0.15) is 0 Å². The lowest BCUT2D eigenvalue weighted by molar-refractivity contribution is 0.254. The Morgan fingerprint density at radius 1 is 1.19 bits per heavy atom. The minimum absolute atomic E-state index is 0.335. The van der Waals surface area contributed by atoms with Crippen LogP contribution >= 0.6 is 0 Å². The monoisotopic (exact) mass is 289 g/mol. The van der Waals surface area contributed by atoms with E-state index in [1.54, 1.807) is 0 Å². The summed E-state index contributed by atoms with van der Waals surface area (Å²) in [5.41, 5.74) is 2.82. The van der Waals surface area contributed by atoms with E-state index in [9.17, 15) is 0 Å². The van der Waals surface area contributed by atoms with Gasteiger partial charge < -0.3 is 10.1 Å². The Bertz CT molecular complexity index is 430. The van der Waals surface area contributed by atoms with Gasteiger partial charge in [-0.3, -0.25) is 0 Å². The molecule has 1 aliphatic heterocycles. The maximum Gasteiger partial charge on any atom is 0.123 e. The molecule has 0 radical (unpaired) electrons. The van der Waals surface area contributed by atoms with E-state index in [0.717, 1.165) is 18.7 Å². The van der Waals surface area contributed by atoms with Crippen molar-refractivity contribution in [2.45, 2.75) is 77.9 Å². The summed E-state index contributed by atoms with van der Waals surface area (Å²) in [6.45, 7) is 7.65. The summed E-state index contributed by atoms with van der Waals surface area (Å²) in [6, 6.07) is 7.27. The maximum absolute atomic E-state index is 5.81. The van der Waals surface area contributed by atoms with Gasteiger partial charge in [-0.1, -0.05) is 58.1 Å². The third-order valence-electron chi connectivity index (χ3n) is 4.37. The summed E-state index contributed by atoms with van der Waals surface area (Å²) in [7, 11) is 0. The molecule has 0 saturated heterocycles. The molecule has 2 nitrogen and oxygen atoms in total. The van der Waals surface area contributed by atoms with E-state index in [0.29, 0.717) is 12.1 Å². The number of benzene rings is 1. The fourth-order valence-electron chi connectivity index (χ4n) is 3.24. The zero-order valence-corrected chi connectivity index (χ0v) is 14.0. The van der Waals surface area contributed by atoms with Crippen molar-refractivity contribution in [3.05, 3.63) is 29.3 Å². The highest BCUT2D eigenvalue weighted by Crippen LogP contribution is 2.32. The Morgan fingerprint density at radius 2 is 2.00 bits per heavy atom. The number of fused-ring (bicyclic) bond motifs is 1. The van der Waals surface area contributed by atoms with Gasteiger partial charge in [-0.15, -0.1) is 0 Å². The van der Waals surface area contributed by atoms with Gasteiger partial charge in [0.25, 0.3) is 0 Å². The van der Waals surface area contributed by atoms with Crippen molar-refractivity contribution in [1.82, 2.24) is 5.32 Å². The Balaban J connectivity index is 1.93. The van der Waals surface area contributed by atoms with E-state index < -0.39 is 0 Å². The molecule has 0 fully saturated rings. The van der Waals surface area contributed by atoms with E-state index in [2.05, 4.69) is 44.3 Å². The minimum atomic E-state index is 0.335. The lowest BCUT2D eigenvalue weighted by Crippen LogP contribution is -2.21. The summed E-state index contributed by atoms with van der Waals surface area (Å²) < 4.78 is 5.81. The quantitative estimate of drug-likeness (QED) is 0.644. The van der Waals surface area contributed by atoms with Crippen molar-refractivity contribution in [3.63, 3.8) is 0 Å². The molecule has 0 aliphatic carbocycles. The largest absolute Gasteiger partial charge is 0.490 e. The van der Waals surface area contributed by atoms with Gasteiger partial charge >= 0.3 is 0 Å². The SMILES string of the molecule is CCCCCCCC(NCC)c1ccc2c(c1)CC(C)O2. The lowest BCUT2D eigenvalue weighted by atomic mass is 9.97. The van der Waals surface area contributed by atoms with Crippen molar-refractivity contribution < 1.29 is 4.74 Å². The van der Waals surface area contributed by atoms with Gasteiger partial charge in [0.2, 0.25) is 0 Å². The fourth-order valence-corrected chi connectivity index (χ4v) is 3.24. The molecule has 0 bridgehead atoms. The predicted octanol–water partition coefficient (Wildman–Crippen LogP) is 5.02. The maximum atomic E-state index is 5.81. The molecule has 0 amide bonds. The van der Waals surface area contributed by atoms with Crippen LogP contribution in [0.2, 0.25) is 0 Å². The molecule has 118 valence electrons. The van der Waals surface area contributed by atoms with Crippen LogP contribution in [0.1, 0.15) is 76.5 Å². The number of unbranched alkanes of at least 4 members (excludes halogenated alkanes) is 4. The van der Waals surface area contributed by atoms with Crippen molar-refractivity contribution in [3.8, 4) is 5.75 Å². The van der Waals surface area contributed by atoms with E-state index >= 15 is 0 Å². The van der Waals surface area contributed by atoms with Gasteiger partial charge in [0.05, 0.1) is 0 Å². The zero-order valence-electron chi connectivity index (χ0n) is 14.0. The van der Waals surface area contributed by atoms with Gasteiger partial charge in [-0.05, 0) is 37.1 Å². The van der Waals surface area contributed by atoms with Gasteiger partial charge in [0, 0.05) is 12.5 Å². The summed E-state index contributed by atoms with van der Waals surface area (Å²) in [4.78, 5) is 0. The highest BCUT2D eigenvalue weighted by atomic mass is 16.5. The molecular weight excluding hydrogens is 258 g/mol. The number of hydrogen-bond donors (Lipinski definition) is 1. The molecule has 0 spiro atoms. The summed E-state index contributed by atoms with van der Waals surface area (Å²) in [5.74, 6) is 1.09. The van der Waals surface area contributed by atoms with Crippen molar-refractivity contribution in [2.75, 3.05) is 6.54 Å². The first-order chi connectivity index (χ1) is 10.2. The van der Waals surface area contributed by atoms with E-state index in [4.69, 9.17) is 4.74 Å². The molecule has 21 heavy (non-hydrogen) atoms. The molecule has 0 aromatic heterocycles. The molecule has 1 aliphatic rings. The van der Waals surface area contributed by atoms with Crippen LogP contribution in [0.25, 0.3) is 0 Å². The average Bonchev–Trinajstić information content (AvgIpc) is 2.85. The Hall–Kier alpha value is -1.02. The summed E-state index contributed by atoms with van der Waals surface area (Å²) >= 11 is 0. The van der Waals surface area contributed by atoms with Crippen LogP contribution in [0.5, 0.6) is 5.75 Å². The van der Waals surface area contributed by atoms with E-state index in [-0.39, 0.29) is 0 Å². The lowest BCUT2D eigenvalue weighted by Gasteiger charge is -2.19. The van der Waals surface area contributed by atoms with Gasteiger partial charge in [-0.25, -0.2) is 0 Å². The molecule has 1 aromatic carbocycles. The number of rotatable bonds is 9. The second-order valence-electron chi connectivity index (χ2n) is 6.31. The first-order valence-corrected chi connectivity index (χ1v) is 8.77. The predicted molar refractivity (Wildman–Crippen MR) is 90.0 cm³/mol. The Morgan fingerprint density at radius 3 is 2.76 bits per heavy atom. The number of hydrogen-bond acceptors (Lipinski definition) is 2. The molecule has 0 saturated carbocycles. The zero-order chi connectivity index (χ0) is 15.1. The first-order valence-electron chi connectivity index (χ1n) is 8.77. The van der Waals surface area contributed by atoms with Crippen LogP contribution in [0, 0.1) is 0 Å². The second-order valence-corrected chi connectivity index (χ2v) is 6.31. The molecule has 1 N–H and O–H groups in total. The number of ether oxygens (including phenoxy) is 1. The summed E-state index contributed by atoms with van der Waals surface area (Å²) in [6.07, 6.45) is 9.39. The molecule has 1 heterocycles. The topological polar surface area (TPSA) is 21.3 Å². The van der Waals surface area contributed by atoms with E-state index in [1.165, 1.54) is 49.7 Å². The van der Waals surface area contributed by atoms with E-state index in [1.807, 2.05) is 0 Å². The highest BCUT2D eigenvalue weighted by Gasteiger charge is 2.20. The highest BCUT2D eigenvalue weighted by molar-refractivity contribution is 5.41. The Labute approximate surface area is 130 Å². The standard InChI is InChI=1S/C19H31NO/c1-4-6-7-8-9-10-18(20-5-2)16-11-12-19-17(14-16)13-15(3)21-19/h11-12,14-15,18,20H,4-10,13H2,1-3H3.